The van der Waals surface area contributed by atoms with E-state index in [0.29, 0.717) is 18.4 Å². The molecule has 2 heterocycles. The van der Waals surface area contributed by atoms with Crippen molar-refractivity contribution in [2.75, 3.05) is 12.3 Å². The number of nitrogens with zero attached hydrogens (tertiary/aromatic N) is 4. The van der Waals surface area contributed by atoms with Crippen molar-refractivity contribution >= 4 is 19.7 Å². The fraction of sp³-hybridized carbons (Fsp3) is 0.714. The van der Waals surface area contributed by atoms with Gasteiger partial charge in [0.25, 0.3) is 5.56 Å². The van der Waals surface area contributed by atoms with Crippen LogP contribution < -0.4 is 11.2 Å². The molecule has 0 unspecified atom stereocenters. The number of aromatic amines is 1. The summed E-state index contributed by atoms with van der Waals surface area (Å²) in [6, 6.07) is 0. The summed E-state index contributed by atoms with van der Waals surface area (Å²) < 4.78 is 27.4. The lowest BCUT2D eigenvalue weighted by atomic mass is 10.1. The third-order valence-electron chi connectivity index (χ3n) is 3.77. The molecule has 3 atom stereocenters. The van der Waals surface area contributed by atoms with Crippen molar-refractivity contribution in [2.24, 2.45) is 5.11 Å². The fourth-order valence-electron chi connectivity index (χ4n) is 2.41. The van der Waals surface area contributed by atoms with Crippen LogP contribution in [0.2, 0.25) is 0 Å². The third kappa shape index (κ3) is 7.73. The van der Waals surface area contributed by atoms with Gasteiger partial charge in [0.05, 0.1) is 18.0 Å². The zero-order chi connectivity index (χ0) is 20.6. The van der Waals surface area contributed by atoms with E-state index in [0.717, 1.165) is 0 Å². The molecule has 0 amide bonds. The van der Waals surface area contributed by atoms with Gasteiger partial charge in [0.15, 0.2) is 0 Å². The lowest BCUT2D eigenvalue weighted by Gasteiger charge is -2.14. The molecular weight excluding hydrogens is 402 g/mol. The van der Waals surface area contributed by atoms with Crippen LogP contribution in [0.1, 0.15) is 38.0 Å². The highest BCUT2D eigenvalue weighted by Gasteiger charge is 2.34. The first-order chi connectivity index (χ1) is 12.6. The first-order valence-corrected chi connectivity index (χ1v) is 10.7. The summed E-state index contributed by atoms with van der Waals surface area (Å²) in [4.78, 5) is 27.5. The van der Waals surface area contributed by atoms with E-state index in [1.165, 1.54) is 10.8 Å². The fourth-order valence-corrected chi connectivity index (χ4v) is 3.21. The van der Waals surface area contributed by atoms with E-state index in [2.05, 4.69) is 15.0 Å². The number of H-pyrrole nitrogens is 1. The highest BCUT2D eigenvalue weighted by atomic mass is 35.7. The Labute approximate surface area is 160 Å². The molecule has 1 fully saturated rings. The van der Waals surface area contributed by atoms with Crippen LogP contribution in [0.25, 0.3) is 10.4 Å². The van der Waals surface area contributed by atoms with Gasteiger partial charge < -0.3 is 9.84 Å². The molecule has 2 N–H and O–H groups in total. The Morgan fingerprint density at radius 1 is 1.52 bits per heavy atom. The minimum atomic E-state index is -3.42. The Bertz CT molecular complexity index is 892. The number of aromatic nitrogens is 2. The molecule has 0 bridgehead atoms. The van der Waals surface area contributed by atoms with E-state index in [1.807, 2.05) is 6.92 Å². The number of rotatable bonds is 6. The van der Waals surface area contributed by atoms with Crippen molar-refractivity contribution in [3.05, 3.63) is 43.0 Å². The van der Waals surface area contributed by atoms with Crippen LogP contribution >= 0.6 is 10.7 Å². The van der Waals surface area contributed by atoms with E-state index >= 15 is 0 Å². The second kappa shape index (κ2) is 10.5. The predicted octanol–water partition coefficient (Wildman–Crippen LogP) is 1.16. The second-order valence-corrected chi connectivity index (χ2v) is 8.77. The molecule has 11 nitrogen and oxygen atoms in total. The van der Waals surface area contributed by atoms with Crippen LogP contribution in [0.3, 0.4) is 0 Å². The minimum absolute atomic E-state index is 0.145. The van der Waals surface area contributed by atoms with Gasteiger partial charge in [0, 0.05) is 40.3 Å². The standard InChI is InChI=1S/C11H16N2O4.C3H6ClN3O2S/c1-3-8-7(14)4-9(17-8)13-5-6(2)10(15)12-11(13)16;4-10(8,9)3-1-2-6-7-5/h5,7-9,14H,3-4H2,1-2H3,(H,12,15,16);1-3H2/t7-,8-,9-;/m1./s1. The van der Waals surface area contributed by atoms with Crippen molar-refractivity contribution in [2.45, 2.75) is 51.5 Å². The van der Waals surface area contributed by atoms with Crippen LogP contribution in [0, 0.1) is 6.92 Å². The van der Waals surface area contributed by atoms with Gasteiger partial charge in [-0.1, -0.05) is 12.0 Å². The second-order valence-electron chi connectivity index (χ2n) is 5.87. The number of aliphatic hydroxyl groups excluding tert-OH is 1. The molecule has 2 rings (SSSR count). The summed E-state index contributed by atoms with van der Waals surface area (Å²) >= 11 is 0. The van der Waals surface area contributed by atoms with Crippen LogP contribution in [-0.2, 0) is 13.8 Å². The van der Waals surface area contributed by atoms with E-state index in [4.69, 9.17) is 21.0 Å². The molecule has 1 aliphatic heterocycles. The first-order valence-electron chi connectivity index (χ1n) is 8.17. The average Bonchev–Trinajstić information content (AvgIpc) is 2.95. The topological polar surface area (TPSA) is 167 Å². The molecule has 1 saturated heterocycles. The molecule has 0 aliphatic carbocycles. The Morgan fingerprint density at radius 2 is 2.19 bits per heavy atom. The Hall–Kier alpha value is -1.85. The summed E-state index contributed by atoms with van der Waals surface area (Å²) in [5.41, 5.74) is 7.32. The zero-order valence-electron chi connectivity index (χ0n) is 14.9. The van der Waals surface area contributed by atoms with Crippen molar-refractivity contribution < 1.29 is 18.3 Å². The summed E-state index contributed by atoms with van der Waals surface area (Å²) in [5, 5.41) is 12.9. The largest absolute Gasteiger partial charge is 0.390 e. The summed E-state index contributed by atoms with van der Waals surface area (Å²) in [7, 11) is 1.43. The Kier molecular flexibility index (Phi) is 9.00. The van der Waals surface area contributed by atoms with E-state index in [1.54, 1.807) is 6.92 Å². The number of nitrogens with one attached hydrogen (secondary N) is 1. The van der Waals surface area contributed by atoms with Crippen LogP contribution in [0.5, 0.6) is 0 Å². The lowest BCUT2D eigenvalue weighted by Crippen LogP contribution is -2.33. The summed E-state index contributed by atoms with van der Waals surface area (Å²) in [5.74, 6) is -0.145. The molecule has 1 aromatic heterocycles. The molecular formula is C14H22ClN5O6S. The SMILES string of the molecule is CC[C@H]1O[C@@H](n2cc(C)c(=O)[nH]c2=O)C[C@H]1O.[N-]=[N+]=NCCCS(=O)(=O)Cl. The van der Waals surface area contributed by atoms with Gasteiger partial charge in [-0.05, 0) is 25.3 Å². The minimum Gasteiger partial charge on any atom is -0.390 e. The predicted molar refractivity (Wildman–Crippen MR) is 99.2 cm³/mol. The van der Waals surface area contributed by atoms with Crippen LogP contribution in [-0.4, -0.2) is 47.6 Å². The molecule has 0 spiro atoms. The van der Waals surface area contributed by atoms with Gasteiger partial charge in [0.1, 0.15) is 6.23 Å². The van der Waals surface area contributed by atoms with Crippen LogP contribution in [0.4, 0.5) is 0 Å². The molecule has 1 aromatic rings. The zero-order valence-corrected chi connectivity index (χ0v) is 16.5. The quantitative estimate of drug-likeness (QED) is 0.229. The first kappa shape index (κ1) is 23.2. The highest BCUT2D eigenvalue weighted by molar-refractivity contribution is 8.13. The molecule has 0 radical (unpaired) electrons. The molecule has 152 valence electrons. The van der Waals surface area contributed by atoms with Crippen molar-refractivity contribution in [1.29, 1.82) is 0 Å². The van der Waals surface area contributed by atoms with Gasteiger partial charge in [-0.3, -0.25) is 14.3 Å². The summed E-state index contributed by atoms with van der Waals surface area (Å²) in [6.07, 6.45) is 1.48. The molecule has 1 aliphatic rings. The van der Waals surface area contributed by atoms with Crippen molar-refractivity contribution in [3.8, 4) is 0 Å². The molecule has 13 heteroatoms. The number of halogens is 1. The van der Waals surface area contributed by atoms with E-state index < -0.39 is 32.6 Å². The highest BCUT2D eigenvalue weighted by Crippen LogP contribution is 2.28. The maximum atomic E-state index is 11.6. The van der Waals surface area contributed by atoms with Gasteiger partial charge in [-0.25, -0.2) is 13.2 Å². The van der Waals surface area contributed by atoms with Crippen molar-refractivity contribution in [1.82, 2.24) is 9.55 Å². The normalized spacial score (nSPS) is 21.9. The Morgan fingerprint density at radius 3 is 2.70 bits per heavy atom. The Balaban J connectivity index is 0.000000314. The number of aryl methyl sites for hydroxylation is 1. The monoisotopic (exact) mass is 423 g/mol. The number of hydrogen-bond donors (Lipinski definition) is 2. The number of hydrogen-bond acceptors (Lipinski definition) is 7. The molecule has 27 heavy (non-hydrogen) atoms. The molecule has 0 aromatic carbocycles. The molecule has 0 saturated carbocycles. The summed E-state index contributed by atoms with van der Waals surface area (Å²) in [6.45, 7) is 3.71. The smallest absolute Gasteiger partial charge is 0.330 e. The van der Waals surface area contributed by atoms with E-state index in [-0.39, 0.29) is 24.8 Å². The lowest BCUT2D eigenvalue weighted by molar-refractivity contribution is -0.0218. The third-order valence-corrected chi connectivity index (χ3v) is 5.01. The number of ether oxygens (including phenoxy) is 1. The van der Waals surface area contributed by atoms with Crippen molar-refractivity contribution in [3.63, 3.8) is 0 Å². The van der Waals surface area contributed by atoms with Gasteiger partial charge in [-0.15, -0.1) is 0 Å². The maximum Gasteiger partial charge on any atom is 0.330 e. The van der Waals surface area contributed by atoms with Crippen LogP contribution in [0.15, 0.2) is 20.9 Å². The average molecular weight is 424 g/mol. The van der Waals surface area contributed by atoms with E-state index in [9.17, 15) is 23.1 Å². The number of aliphatic hydroxyl groups is 1. The van der Waals surface area contributed by atoms with Gasteiger partial charge >= 0.3 is 5.69 Å². The number of azide groups is 1. The van der Waals surface area contributed by atoms with Gasteiger partial charge in [0.2, 0.25) is 9.05 Å². The van der Waals surface area contributed by atoms with Gasteiger partial charge in [-0.2, -0.15) is 0 Å². The maximum absolute atomic E-state index is 11.6.